The Bertz CT molecular complexity index is 1990. The van der Waals surface area contributed by atoms with E-state index in [9.17, 15) is 15.8 Å². The molecule has 2 N–H and O–H groups in total. The highest BCUT2D eigenvalue weighted by Crippen LogP contribution is 2.36. The van der Waals surface area contributed by atoms with Crippen molar-refractivity contribution in [3.63, 3.8) is 0 Å². The van der Waals surface area contributed by atoms with Gasteiger partial charge in [-0.25, -0.2) is 0 Å². The molecule has 0 fully saturated rings. The first-order chi connectivity index (χ1) is 22.3. The van der Waals surface area contributed by atoms with Crippen molar-refractivity contribution in [3.05, 3.63) is 162 Å². The highest BCUT2D eigenvalue weighted by atomic mass is 14.5. The second kappa shape index (κ2) is 14.9. The van der Waals surface area contributed by atoms with Gasteiger partial charge in [-0.2, -0.15) is 15.8 Å². The molecule has 0 radical (unpaired) electrons. The van der Waals surface area contributed by atoms with Gasteiger partial charge in [0.15, 0.2) is 0 Å². The molecule has 0 amide bonds. The van der Waals surface area contributed by atoms with Crippen LogP contribution in [0.4, 0.5) is 0 Å². The molecule has 0 aliphatic rings. The predicted octanol–water partition coefficient (Wildman–Crippen LogP) is 10.4. The summed E-state index contributed by atoms with van der Waals surface area (Å²) in [7, 11) is 0. The van der Waals surface area contributed by atoms with Gasteiger partial charge in [0, 0.05) is 11.8 Å². The summed E-state index contributed by atoms with van der Waals surface area (Å²) in [4.78, 5) is 0. The van der Waals surface area contributed by atoms with Crippen LogP contribution in [0.2, 0.25) is 0 Å². The van der Waals surface area contributed by atoms with Gasteiger partial charge in [0.1, 0.15) is 0 Å². The standard InChI is InChI=1S/C42H34N4/c1-6-30(24-43)28(4)33-12-9-14-35(18-33)39-21-40(36-15-10-13-34(19-36)29(5)31(7-2)25-44)23-41(22-39)37-16-11-17-38(20-37)42(27-46)32(8-3)26-45/h6-23,27H,4-5,46H2,1-3H3/b30-6-,31-7-,32-8-,42-27+. The van der Waals surface area contributed by atoms with E-state index in [2.05, 4.69) is 49.6 Å². The van der Waals surface area contributed by atoms with Crippen molar-refractivity contribution in [2.24, 2.45) is 5.73 Å². The molecule has 0 atom stereocenters. The maximum atomic E-state index is 9.69. The Morgan fingerprint density at radius 2 is 0.870 bits per heavy atom. The van der Waals surface area contributed by atoms with Crippen molar-refractivity contribution in [1.29, 1.82) is 15.8 Å². The lowest BCUT2D eigenvalue weighted by Crippen LogP contribution is -1.94. The zero-order chi connectivity index (χ0) is 33.2. The molecule has 4 rings (SSSR count). The Hall–Kier alpha value is -6.41. The highest BCUT2D eigenvalue weighted by Gasteiger charge is 2.13. The van der Waals surface area contributed by atoms with Crippen molar-refractivity contribution >= 4 is 16.7 Å². The van der Waals surface area contributed by atoms with Gasteiger partial charge in [0.05, 0.1) is 34.9 Å². The van der Waals surface area contributed by atoms with Crippen molar-refractivity contribution in [1.82, 2.24) is 0 Å². The van der Waals surface area contributed by atoms with E-state index in [-0.39, 0.29) is 0 Å². The predicted molar refractivity (Wildman–Crippen MR) is 191 cm³/mol. The van der Waals surface area contributed by atoms with Crippen molar-refractivity contribution in [2.45, 2.75) is 20.8 Å². The van der Waals surface area contributed by atoms with Gasteiger partial charge < -0.3 is 5.73 Å². The second-order valence-electron chi connectivity index (χ2n) is 10.5. The first-order valence-electron chi connectivity index (χ1n) is 14.8. The summed E-state index contributed by atoms with van der Waals surface area (Å²) in [5, 5.41) is 28.9. The number of nitrogens with two attached hydrogens (primary N) is 1. The molecule has 0 bridgehead atoms. The molecule has 0 spiro atoms. The average molecular weight is 595 g/mol. The van der Waals surface area contributed by atoms with Crippen LogP contribution in [0.3, 0.4) is 0 Å². The number of nitriles is 3. The number of hydrogen-bond donors (Lipinski definition) is 1. The van der Waals surface area contributed by atoms with Crippen molar-refractivity contribution < 1.29 is 0 Å². The maximum Gasteiger partial charge on any atom is 0.0995 e. The van der Waals surface area contributed by atoms with Crippen molar-refractivity contribution in [3.8, 4) is 51.6 Å². The molecule has 0 saturated carbocycles. The molecule has 46 heavy (non-hydrogen) atoms. The monoisotopic (exact) mass is 594 g/mol. The quantitative estimate of drug-likeness (QED) is 0.154. The lowest BCUT2D eigenvalue weighted by molar-refractivity contribution is 1.45. The summed E-state index contributed by atoms with van der Waals surface area (Å²) in [5.74, 6) is 0. The minimum Gasteiger partial charge on any atom is -0.404 e. The summed E-state index contributed by atoms with van der Waals surface area (Å²) in [6, 6.07) is 37.1. The van der Waals surface area contributed by atoms with Crippen LogP contribution in [0.1, 0.15) is 37.5 Å². The molecule has 222 valence electrons. The fraction of sp³-hybridized carbons (Fsp3) is 0.0714. The molecule has 0 aromatic heterocycles. The Morgan fingerprint density at radius 1 is 0.522 bits per heavy atom. The van der Waals surface area contributed by atoms with Crippen LogP contribution in [0.15, 0.2) is 145 Å². The van der Waals surface area contributed by atoms with Crippen LogP contribution >= 0.6 is 0 Å². The first kappa shape index (κ1) is 32.5. The SMILES string of the molecule is C=C(/C(C#N)=C\C)c1cccc(-c2cc(-c3cccc(C(=C)/C(C#N)=C\C)c3)cc(-c3cccc(C(=C/N)/C(C#N)=C\C)c3)c2)c1. The van der Waals surface area contributed by atoms with Gasteiger partial charge in [-0.15, -0.1) is 0 Å². The molecule has 0 unspecified atom stereocenters. The van der Waals surface area contributed by atoms with E-state index in [4.69, 9.17) is 5.73 Å². The molecule has 4 aromatic rings. The van der Waals surface area contributed by atoms with Gasteiger partial charge in [0.2, 0.25) is 0 Å². The Labute approximate surface area is 272 Å². The fourth-order valence-corrected chi connectivity index (χ4v) is 5.31. The molecular weight excluding hydrogens is 560 g/mol. The zero-order valence-electron chi connectivity index (χ0n) is 26.3. The Balaban J connectivity index is 1.95. The summed E-state index contributed by atoms with van der Waals surface area (Å²) in [6.07, 6.45) is 6.75. The molecule has 4 heteroatoms. The van der Waals surface area contributed by atoms with E-state index in [1.807, 2.05) is 93.6 Å². The Kier molecular flexibility index (Phi) is 10.5. The largest absolute Gasteiger partial charge is 0.404 e. The first-order valence-corrected chi connectivity index (χ1v) is 14.8. The third-order valence-corrected chi connectivity index (χ3v) is 7.86. The smallest absolute Gasteiger partial charge is 0.0995 e. The summed E-state index contributed by atoms with van der Waals surface area (Å²) >= 11 is 0. The van der Waals surface area contributed by atoms with Gasteiger partial charge in [-0.05, 0) is 118 Å². The Morgan fingerprint density at radius 3 is 1.20 bits per heavy atom. The molecule has 4 aromatic carbocycles. The number of benzene rings is 4. The van der Waals surface area contributed by atoms with Crippen LogP contribution in [-0.2, 0) is 0 Å². The van der Waals surface area contributed by atoms with Crippen molar-refractivity contribution in [2.75, 3.05) is 0 Å². The van der Waals surface area contributed by atoms with E-state index < -0.39 is 0 Å². The lowest BCUT2D eigenvalue weighted by atomic mass is 9.89. The molecule has 4 nitrogen and oxygen atoms in total. The normalized spacial score (nSPS) is 12.1. The maximum absolute atomic E-state index is 9.69. The minimum absolute atomic E-state index is 0.499. The zero-order valence-corrected chi connectivity index (χ0v) is 26.3. The minimum atomic E-state index is 0.499. The van der Waals surface area contributed by atoms with E-state index >= 15 is 0 Å². The summed E-state index contributed by atoms with van der Waals surface area (Å²) in [6.45, 7) is 13.8. The van der Waals surface area contributed by atoms with Crippen LogP contribution in [0.25, 0.3) is 50.1 Å². The van der Waals surface area contributed by atoms with E-state index in [1.165, 1.54) is 6.20 Å². The second-order valence-corrected chi connectivity index (χ2v) is 10.5. The van der Waals surface area contributed by atoms with Gasteiger partial charge in [0.25, 0.3) is 0 Å². The van der Waals surface area contributed by atoms with Gasteiger partial charge in [-0.3, -0.25) is 0 Å². The van der Waals surface area contributed by atoms with Crippen LogP contribution in [0.5, 0.6) is 0 Å². The molecular formula is C42H34N4. The van der Waals surface area contributed by atoms with Crippen LogP contribution in [-0.4, -0.2) is 0 Å². The molecule has 0 aliphatic heterocycles. The summed E-state index contributed by atoms with van der Waals surface area (Å²) < 4.78 is 0. The topological polar surface area (TPSA) is 97.4 Å². The molecule has 0 aliphatic carbocycles. The number of hydrogen-bond acceptors (Lipinski definition) is 4. The average Bonchev–Trinajstić information content (AvgIpc) is 3.11. The molecule has 0 heterocycles. The fourth-order valence-electron chi connectivity index (χ4n) is 5.31. The molecule has 0 saturated heterocycles. The number of rotatable bonds is 9. The lowest BCUT2D eigenvalue weighted by Gasteiger charge is -2.15. The van der Waals surface area contributed by atoms with E-state index in [0.717, 1.165) is 50.1 Å². The van der Waals surface area contributed by atoms with E-state index in [0.29, 0.717) is 33.4 Å². The highest BCUT2D eigenvalue weighted by molar-refractivity contribution is 5.89. The third kappa shape index (κ3) is 6.87. The van der Waals surface area contributed by atoms with Crippen LogP contribution < -0.4 is 5.73 Å². The number of nitrogens with zero attached hydrogens (tertiary/aromatic N) is 3. The van der Waals surface area contributed by atoms with Gasteiger partial charge >= 0.3 is 0 Å². The van der Waals surface area contributed by atoms with E-state index in [1.54, 1.807) is 18.2 Å². The number of allylic oxidation sites excluding steroid dienone is 9. The van der Waals surface area contributed by atoms with Crippen LogP contribution in [0, 0.1) is 34.0 Å². The third-order valence-electron chi connectivity index (χ3n) is 7.86. The summed E-state index contributed by atoms with van der Waals surface area (Å²) in [5.41, 5.74) is 17.9. The van der Waals surface area contributed by atoms with Gasteiger partial charge in [-0.1, -0.05) is 86.0 Å².